The lowest BCUT2D eigenvalue weighted by Gasteiger charge is -2.34. The highest BCUT2D eigenvalue weighted by Gasteiger charge is 2.30. The van der Waals surface area contributed by atoms with Gasteiger partial charge in [-0.3, -0.25) is 0 Å². The van der Waals surface area contributed by atoms with Gasteiger partial charge in [-0.25, -0.2) is 0 Å². The highest BCUT2D eigenvalue weighted by atomic mass is 35.5. The van der Waals surface area contributed by atoms with Gasteiger partial charge in [-0.05, 0) is 53.9 Å². The van der Waals surface area contributed by atoms with Crippen molar-refractivity contribution in [1.29, 1.82) is 0 Å². The fraction of sp³-hybridized carbons (Fsp3) is 0.182. The maximum absolute atomic E-state index is 10.4. The van der Waals surface area contributed by atoms with Crippen molar-refractivity contribution in [3.63, 3.8) is 0 Å². The Morgan fingerprint density at radius 2 is 1.77 bits per heavy atom. The topological polar surface area (TPSA) is 41.5 Å². The molecular formula is C22H20ClNO2. The molecule has 0 aromatic heterocycles. The highest BCUT2D eigenvalue weighted by molar-refractivity contribution is 6.30. The minimum atomic E-state index is 0.0724. The first-order valence-electron chi connectivity index (χ1n) is 8.63. The lowest BCUT2D eigenvalue weighted by atomic mass is 9.80. The smallest absolute Gasteiger partial charge is 0.119 e. The van der Waals surface area contributed by atoms with Crippen molar-refractivity contribution in [2.24, 2.45) is 0 Å². The van der Waals surface area contributed by atoms with Crippen LogP contribution in [-0.2, 0) is 0 Å². The lowest BCUT2D eigenvalue weighted by Crippen LogP contribution is -2.22. The number of hydrogen-bond donors (Lipinski definition) is 2. The molecule has 0 bridgehead atoms. The van der Waals surface area contributed by atoms with Crippen molar-refractivity contribution >= 4 is 17.3 Å². The Morgan fingerprint density at radius 1 is 1.00 bits per heavy atom. The van der Waals surface area contributed by atoms with E-state index >= 15 is 0 Å². The average Bonchev–Trinajstić information content (AvgIpc) is 2.68. The SMILES string of the molecule is COc1ccc2c(c1)[C@@H](c1ccccc1O)C[C@@H](c1ccc(Cl)cc1)N2. The zero-order valence-electron chi connectivity index (χ0n) is 14.4. The van der Waals surface area contributed by atoms with Crippen molar-refractivity contribution in [2.75, 3.05) is 12.4 Å². The predicted molar refractivity (Wildman–Crippen MR) is 105 cm³/mol. The lowest BCUT2D eigenvalue weighted by molar-refractivity contribution is 0.413. The summed E-state index contributed by atoms with van der Waals surface area (Å²) in [5.41, 5.74) is 4.31. The van der Waals surface area contributed by atoms with Crippen LogP contribution < -0.4 is 10.1 Å². The maximum atomic E-state index is 10.4. The first-order chi connectivity index (χ1) is 12.7. The van der Waals surface area contributed by atoms with Crippen molar-refractivity contribution in [3.05, 3.63) is 88.4 Å². The summed E-state index contributed by atoms with van der Waals surface area (Å²) >= 11 is 6.04. The molecule has 2 atom stereocenters. The predicted octanol–water partition coefficient (Wildman–Crippen LogP) is 5.74. The van der Waals surface area contributed by atoms with Gasteiger partial charge in [0, 0.05) is 22.2 Å². The quantitative estimate of drug-likeness (QED) is 0.621. The van der Waals surface area contributed by atoms with Crippen LogP contribution >= 0.6 is 11.6 Å². The van der Waals surface area contributed by atoms with Gasteiger partial charge < -0.3 is 15.2 Å². The van der Waals surface area contributed by atoms with Gasteiger partial charge >= 0.3 is 0 Å². The number of anilines is 1. The number of aromatic hydroxyl groups is 1. The van der Waals surface area contributed by atoms with Crippen LogP contribution in [0.5, 0.6) is 11.5 Å². The third-order valence-corrected chi connectivity index (χ3v) is 5.27. The van der Waals surface area contributed by atoms with Crippen LogP contribution in [0.1, 0.15) is 35.1 Å². The van der Waals surface area contributed by atoms with Gasteiger partial charge in [0.2, 0.25) is 0 Å². The van der Waals surface area contributed by atoms with Gasteiger partial charge in [-0.1, -0.05) is 41.9 Å². The fourth-order valence-corrected chi connectivity index (χ4v) is 3.81. The molecule has 4 rings (SSSR count). The third kappa shape index (κ3) is 3.11. The largest absolute Gasteiger partial charge is 0.508 e. The third-order valence-electron chi connectivity index (χ3n) is 5.02. The second kappa shape index (κ2) is 6.93. The Bertz CT molecular complexity index is 924. The van der Waals surface area contributed by atoms with Gasteiger partial charge in [0.25, 0.3) is 0 Å². The molecule has 132 valence electrons. The summed E-state index contributed by atoms with van der Waals surface area (Å²) in [5.74, 6) is 1.21. The van der Waals surface area contributed by atoms with Crippen LogP contribution in [0.4, 0.5) is 5.69 Å². The molecule has 0 aliphatic carbocycles. The number of ether oxygens (including phenoxy) is 1. The average molecular weight is 366 g/mol. The number of fused-ring (bicyclic) bond motifs is 1. The van der Waals surface area contributed by atoms with E-state index in [1.54, 1.807) is 13.2 Å². The van der Waals surface area contributed by atoms with E-state index < -0.39 is 0 Å². The van der Waals surface area contributed by atoms with Crippen LogP contribution in [0.3, 0.4) is 0 Å². The number of phenols is 1. The first kappa shape index (κ1) is 16.8. The molecule has 3 aromatic carbocycles. The van der Waals surface area contributed by atoms with Gasteiger partial charge in [0.1, 0.15) is 11.5 Å². The Kier molecular flexibility index (Phi) is 4.48. The summed E-state index contributed by atoms with van der Waals surface area (Å²) < 4.78 is 5.41. The van der Waals surface area contributed by atoms with E-state index in [2.05, 4.69) is 23.5 Å². The van der Waals surface area contributed by atoms with E-state index in [0.29, 0.717) is 5.75 Å². The number of halogens is 1. The molecule has 0 fully saturated rings. The molecule has 0 saturated heterocycles. The summed E-state index contributed by atoms with van der Waals surface area (Å²) in [7, 11) is 1.67. The number of rotatable bonds is 3. The standard InChI is InChI=1S/C22H20ClNO2/c1-26-16-10-11-20-19(12-16)18(17-4-2-3-5-22(17)25)13-21(24-20)14-6-8-15(23)9-7-14/h2-12,18,21,24-25H,13H2,1H3/t18-,21+/m1/s1. The number of nitrogens with one attached hydrogen (secondary N) is 1. The molecule has 1 heterocycles. The molecule has 0 saturated carbocycles. The summed E-state index contributed by atoms with van der Waals surface area (Å²) in [5, 5.41) is 14.8. The molecule has 3 nitrogen and oxygen atoms in total. The number of para-hydroxylation sites is 1. The van der Waals surface area contributed by atoms with E-state index in [0.717, 1.165) is 34.0 Å². The van der Waals surface area contributed by atoms with Crippen molar-refractivity contribution < 1.29 is 9.84 Å². The molecule has 1 aliphatic heterocycles. The molecule has 3 aromatic rings. The summed E-state index contributed by atoms with van der Waals surface area (Å²) in [6.07, 6.45) is 0.833. The van der Waals surface area contributed by atoms with Crippen LogP contribution in [0.15, 0.2) is 66.7 Å². The summed E-state index contributed by atoms with van der Waals surface area (Å²) in [6, 6.07) is 21.7. The molecule has 0 amide bonds. The first-order valence-corrected chi connectivity index (χ1v) is 9.01. The van der Waals surface area contributed by atoms with Gasteiger partial charge in [-0.2, -0.15) is 0 Å². The molecule has 0 spiro atoms. The minimum absolute atomic E-state index is 0.0724. The van der Waals surface area contributed by atoms with Gasteiger partial charge in [-0.15, -0.1) is 0 Å². The summed E-state index contributed by atoms with van der Waals surface area (Å²) in [6.45, 7) is 0. The Balaban J connectivity index is 1.80. The van der Waals surface area contributed by atoms with Crippen LogP contribution in [0, 0.1) is 0 Å². The number of benzene rings is 3. The van der Waals surface area contributed by atoms with E-state index in [1.807, 2.05) is 42.5 Å². The second-order valence-corrected chi connectivity index (χ2v) is 6.99. The minimum Gasteiger partial charge on any atom is -0.508 e. The Hall–Kier alpha value is -2.65. The second-order valence-electron chi connectivity index (χ2n) is 6.55. The molecule has 26 heavy (non-hydrogen) atoms. The van der Waals surface area contributed by atoms with Gasteiger partial charge in [0.15, 0.2) is 0 Å². The summed E-state index contributed by atoms with van der Waals surface area (Å²) in [4.78, 5) is 0. The fourth-order valence-electron chi connectivity index (χ4n) is 3.69. The zero-order chi connectivity index (χ0) is 18.1. The number of phenolic OH excluding ortho intramolecular Hbond substituents is 1. The van der Waals surface area contributed by atoms with Crippen LogP contribution in [0.2, 0.25) is 5.02 Å². The van der Waals surface area contributed by atoms with E-state index in [9.17, 15) is 5.11 Å². The van der Waals surface area contributed by atoms with Crippen LogP contribution in [0.25, 0.3) is 0 Å². The monoisotopic (exact) mass is 365 g/mol. The molecule has 0 unspecified atom stereocenters. The van der Waals surface area contributed by atoms with Crippen molar-refractivity contribution in [1.82, 2.24) is 0 Å². The molecule has 2 N–H and O–H groups in total. The zero-order valence-corrected chi connectivity index (χ0v) is 15.2. The highest BCUT2D eigenvalue weighted by Crippen LogP contribution is 2.46. The Morgan fingerprint density at radius 3 is 2.50 bits per heavy atom. The number of methoxy groups -OCH3 is 1. The molecule has 0 radical (unpaired) electrons. The molecule has 4 heteroatoms. The van der Waals surface area contributed by atoms with Gasteiger partial charge in [0.05, 0.1) is 13.2 Å². The van der Waals surface area contributed by atoms with E-state index in [4.69, 9.17) is 16.3 Å². The van der Waals surface area contributed by atoms with E-state index in [1.165, 1.54) is 5.56 Å². The molecular weight excluding hydrogens is 346 g/mol. The van der Waals surface area contributed by atoms with E-state index in [-0.39, 0.29) is 12.0 Å². The van der Waals surface area contributed by atoms with Crippen LogP contribution in [-0.4, -0.2) is 12.2 Å². The van der Waals surface area contributed by atoms with Crippen molar-refractivity contribution in [2.45, 2.75) is 18.4 Å². The maximum Gasteiger partial charge on any atom is 0.119 e. The normalized spacial score (nSPS) is 18.7. The van der Waals surface area contributed by atoms with Crippen molar-refractivity contribution in [3.8, 4) is 11.5 Å². The Labute approximate surface area is 158 Å². The molecule has 1 aliphatic rings. The number of hydrogen-bond acceptors (Lipinski definition) is 3.